The van der Waals surface area contributed by atoms with Crippen LogP contribution in [-0.2, 0) is 31.8 Å². The van der Waals surface area contributed by atoms with E-state index in [9.17, 15) is 32.3 Å². The maximum absolute atomic E-state index is 13.6. The molecule has 4 atom stereocenters. The molecule has 0 aromatic heterocycles. The lowest BCUT2D eigenvalue weighted by Gasteiger charge is -2.51. The number of cyclic esters (lactones) is 1. The Bertz CT molecular complexity index is 1500. The van der Waals surface area contributed by atoms with Gasteiger partial charge in [-0.3, -0.25) is 14.5 Å². The summed E-state index contributed by atoms with van der Waals surface area (Å²) >= 11 is 0. The number of carbonyl (C=O) groups is 4. The third-order valence-corrected chi connectivity index (χ3v) is 7.25. The van der Waals surface area contributed by atoms with E-state index in [1.165, 1.54) is 17.0 Å². The van der Waals surface area contributed by atoms with E-state index in [4.69, 9.17) is 4.74 Å². The molecule has 5 rings (SSSR count). The van der Waals surface area contributed by atoms with Crippen molar-refractivity contribution in [3.63, 3.8) is 0 Å². The van der Waals surface area contributed by atoms with E-state index in [-0.39, 0.29) is 18.7 Å². The van der Waals surface area contributed by atoms with Crippen molar-refractivity contribution in [2.24, 2.45) is 0 Å². The van der Waals surface area contributed by atoms with Gasteiger partial charge in [0.2, 0.25) is 5.91 Å². The smallest absolute Gasteiger partial charge is 0.416 e. The molecule has 2 aliphatic rings. The number of carbonyl (C=O) groups excluding carboxylic acids is 4. The van der Waals surface area contributed by atoms with Gasteiger partial charge in [-0.15, -0.1) is 0 Å². The molecule has 0 radical (unpaired) electrons. The molecule has 11 heteroatoms. The Morgan fingerprint density at radius 1 is 1.00 bits per heavy atom. The molecule has 3 aromatic carbocycles. The molecule has 0 spiro atoms. The van der Waals surface area contributed by atoms with Crippen LogP contribution in [0.5, 0.6) is 0 Å². The van der Waals surface area contributed by atoms with Crippen LogP contribution in [0.3, 0.4) is 0 Å². The van der Waals surface area contributed by atoms with Crippen LogP contribution in [0.1, 0.15) is 28.3 Å². The Morgan fingerprint density at radius 3 is 2.36 bits per heavy atom. The predicted octanol–water partition coefficient (Wildman–Crippen LogP) is 4.38. The number of hydrogen-bond donors (Lipinski definition) is 1. The first-order valence-electron chi connectivity index (χ1n) is 13.1. The molecule has 42 heavy (non-hydrogen) atoms. The van der Waals surface area contributed by atoms with Gasteiger partial charge in [0.1, 0.15) is 12.6 Å². The van der Waals surface area contributed by atoms with Crippen LogP contribution in [0.25, 0.3) is 6.08 Å². The number of nitrogens with one attached hydrogen (secondary N) is 1. The fourth-order valence-electron chi connectivity index (χ4n) is 5.17. The lowest BCUT2D eigenvalue weighted by molar-refractivity contribution is -0.163. The Balaban J connectivity index is 1.40. The Hall–Kier alpha value is -4.93. The highest BCUT2D eigenvalue weighted by atomic mass is 19.4. The molecular weight excluding hydrogens is 551 g/mol. The molecule has 4 unspecified atom stereocenters. The Morgan fingerprint density at radius 2 is 1.69 bits per heavy atom. The highest BCUT2D eigenvalue weighted by Crippen LogP contribution is 2.38. The topological polar surface area (TPSA) is 96.0 Å². The summed E-state index contributed by atoms with van der Waals surface area (Å²) in [5.74, 6) is -1.50. The maximum atomic E-state index is 13.6. The summed E-state index contributed by atoms with van der Waals surface area (Å²) in [6.45, 7) is -0.270. The minimum Gasteiger partial charge on any atom is -0.447 e. The van der Waals surface area contributed by atoms with Gasteiger partial charge in [-0.05, 0) is 28.8 Å². The minimum atomic E-state index is -4.56. The highest BCUT2D eigenvalue weighted by Gasteiger charge is 2.58. The normalized spacial score (nSPS) is 21.2. The number of rotatable bonds is 9. The Labute approximate surface area is 239 Å². The second-order valence-electron chi connectivity index (χ2n) is 9.86. The molecule has 1 N–H and O–H groups in total. The van der Waals surface area contributed by atoms with Crippen LogP contribution < -0.4 is 5.32 Å². The zero-order valence-corrected chi connectivity index (χ0v) is 22.1. The number of aldehydes is 1. The summed E-state index contributed by atoms with van der Waals surface area (Å²) in [6.07, 6.45) is -1.59. The molecule has 3 aromatic rings. The van der Waals surface area contributed by atoms with Crippen LogP contribution in [0.15, 0.2) is 91.0 Å². The summed E-state index contributed by atoms with van der Waals surface area (Å²) in [7, 11) is 0. The quantitative estimate of drug-likeness (QED) is 0.232. The van der Waals surface area contributed by atoms with Gasteiger partial charge in [0.25, 0.3) is 5.91 Å². The van der Waals surface area contributed by atoms with Gasteiger partial charge in [-0.1, -0.05) is 84.9 Å². The fraction of sp³-hybridized carbons (Fsp3) is 0.226. The van der Waals surface area contributed by atoms with Crippen molar-refractivity contribution < 1.29 is 37.1 Å². The zero-order valence-electron chi connectivity index (χ0n) is 22.1. The first kappa shape index (κ1) is 28.6. The lowest BCUT2D eigenvalue weighted by Crippen LogP contribution is -2.74. The van der Waals surface area contributed by atoms with E-state index in [1.54, 1.807) is 24.3 Å². The van der Waals surface area contributed by atoms with Crippen molar-refractivity contribution in [3.8, 4) is 0 Å². The van der Waals surface area contributed by atoms with E-state index in [0.717, 1.165) is 28.2 Å². The number of hydrogen-bond acceptors (Lipinski definition) is 5. The third-order valence-electron chi connectivity index (χ3n) is 7.25. The van der Waals surface area contributed by atoms with Gasteiger partial charge in [0, 0.05) is 6.54 Å². The molecule has 0 bridgehead atoms. The molecular formula is C31H26F3N3O5. The molecule has 8 nitrogen and oxygen atoms in total. The van der Waals surface area contributed by atoms with Crippen molar-refractivity contribution in [2.45, 2.75) is 36.9 Å². The van der Waals surface area contributed by atoms with Gasteiger partial charge in [-0.2, -0.15) is 13.2 Å². The lowest BCUT2D eigenvalue weighted by atomic mass is 9.88. The van der Waals surface area contributed by atoms with Crippen LogP contribution in [0, 0.1) is 0 Å². The number of β-lactam (4-membered cyclic amide) rings is 1. The van der Waals surface area contributed by atoms with Gasteiger partial charge in [0.05, 0.1) is 17.6 Å². The van der Waals surface area contributed by atoms with Crippen molar-refractivity contribution >= 4 is 30.3 Å². The molecule has 3 amide bonds. The number of amides is 3. The van der Waals surface area contributed by atoms with Crippen LogP contribution in [0.4, 0.5) is 18.0 Å². The van der Waals surface area contributed by atoms with Crippen LogP contribution in [-0.4, -0.2) is 58.7 Å². The average Bonchev–Trinajstić information content (AvgIpc) is 3.37. The van der Waals surface area contributed by atoms with Gasteiger partial charge in [0.15, 0.2) is 12.3 Å². The van der Waals surface area contributed by atoms with Gasteiger partial charge < -0.3 is 19.7 Å². The van der Waals surface area contributed by atoms with Crippen molar-refractivity contribution in [2.75, 3.05) is 6.61 Å². The molecule has 0 aliphatic carbocycles. The summed E-state index contributed by atoms with van der Waals surface area (Å²) in [4.78, 5) is 54.2. The number of halogens is 3. The Kier molecular flexibility index (Phi) is 8.10. The van der Waals surface area contributed by atoms with Crippen molar-refractivity contribution in [1.82, 2.24) is 15.1 Å². The summed E-state index contributed by atoms with van der Waals surface area (Å²) in [6, 6.07) is 18.5. The van der Waals surface area contributed by atoms with Gasteiger partial charge in [-0.25, -0.2) is 4.79 Å². The molecule has 2 fully saturated rings. The standard InChI is InChI=1S/C31H26F3N3O5/c32-31(33,34)23-13-7-10-21(16-23)17-35-28(39)25(18-38)36-24(15-14-20-8-3-1-4-9-20)27(29(36)40)37-26(19-42-30(37)41)22-11-5-2-6-12-22/h1-16,18,24-27H,17,19H2,(H,35,39)/b15-14+. The van der Waals surface area contributed by atoms with Crippen LogP contribution in [0.2, 0.25) is 0 Å². The largest absolute Gasteiger partial charge is 0.447 e. The molecule has 2 aliphatic heterocycles. The second-order valence-corrected chi connectivity index (χ2v) is 9.86. The van der Waals surface area contributed by atoms with Gasteiger partial charge >= 0.3 is 12.3 Å². The van der Waals surface area contributed by atoms with E-state index < -0.39 is 53.8 Å². The van der Waals surface area contributed by atoms with Crippen molar-refractivity contribution in [1.29, 1.82) is 0 Å². The SMILES string of the molecule is O=CC(C(=O)NCc1cccc(C(F)(F)F)c1)N1C(=O)C(N2C(=O)OCC2c2ccccc2)C1/C=C/c1ccccc1. The second kappa shape index (κ2) is 11.9. The molecule has 2 heterocycles. The fourth-order valence-corrected chi connectivity index (χ4v) is 5.17. The first-order valence-corrected chi connectivity index (χ1v) is 13.1. The molecule has 216 valence electrons. The predicted molar refractivity (Wildman–Crippen MR) is 145 cm³/mol. The number of ether oxygens (including phenoxy) is 1. The molecule has 2 saturated heterocycles. The molecule has 0 saturated carbocycles. The monoisotopic (exact) mass is 577 g/mol. The zero-order chi connectivity index (χ0) is 29.9. The van der Waals surface area contributed by atoms with Crippen LogP contribution >= 0.6 is 0 Å². The van der Waals surface area contributed by atoms with E-state index in [2.05, 4.69) is 5.32 Å². The number of benzene rings is 3. The van der Waals surface area contributed by atoms with E-state index >= 15 is 0 Å². The van der Waals surface area contributed by atoms with E-state index in [0.29, 0.717) is 6.29 Å². The first-order chi connectivity index (χ1) is 20.2. The number of alkyl halides is 3. The average molecular weight is 578 g/mol. The number of likely N-dealkylation sites (tertiary alicyclic amines) is 1. The summed E-state index contributed by atoms with van der Waals surface area (Å²) < 4.78 is 44.6. The minimum absolute atomic E-state index is 0.0241. The third kappa shape index (κ3) is 5.76. The maximum Gasteiger partial charge on any atom is 0.416 e. The highest BCUT2D eigenvalue weighted by molar-refractivity contribution is 6.04. The summed E-state index contributed by atoms with van der Waals surface area (Å²) in [5.41, 5.74) is 0.835. The van der Waals surface area contributed by atoms with E-state index in [1.807, 2.05) is 48.5 Å². The van der Waals surface area contributed by atoms with Crippen molar-refractivity contribution in [3.05, 3.63) is 113 Å². The summed E-state index contributed by atoms with van der Waals surface area (Å²) in [5, 5.41) is 2.46. The number of nitrogens with zero attached hydrogens (tertiary/aromatic N) is 2.